The first kappa shape index (κ1) is 12.8. The second kappa shape index (κ2) is 4.93. The number of nitrogen functional groups attached to an aromatic ring is 1. The van der Waals surface area contributed by atoms with E-state index in [-0.39, 0.29) is 6.01 Å². The number of aromatic nitrogens is 3. The van der Waals surface area contributed by atoms with Crippen LogP contribution in [0.3, 0.4) is 0 Å². The number of nitrogens with two attached hydrogens (primary N) is 1. The molecule has 0 amide bonds. The molecule has 7 nitrogen and oxygen atoms in total. The predicted molar refractivity (Wildman–Crippen MR) is 69.2 cm³/mol. The van der Waals surface area contributed by atoms with Crippen molar-refractivity contribution in [1.29, 1.82) is 0 Å². The molecule has 1 saturated carbocycles. The summed E-state index contributed by atoms with van der Waals surface area (Å²) in [6.45, 7) is 7.74. The number of hydrazine groups is 1. The molecule has 7 heteroatoms. The first-order valence-electron chi connectivity index (χ1n) is 6.14. The van der Waals surface area contributed by atoms with Crippen LogP contribution < -0.4 is 21.3 Å². The first-order valence-corrected chi connectivity index (χ1v) is 6.14. The Hall–Kier alpha value is -1.63. The van der Waals surface area contributed by atoms with Gasteiger partial charge in [0.1, 0.15) is 0 Å². The van der Waals surface area contributed by atoms with Crippen molar-refractivity contribution in [2.24, 2.45) is 17.2 Å². The SMILES string of the molecule is CCOc1nc(NN)nc(NCC2CC2(C)C)n1. The Labute approximate surface area is 107 Å². The second-order valence-electron chi connectivity index (χ2n) is 5.11. The second-order valence-corrected chi connectivity index (χ2v) is 5.11. The molecule has 1 unspecified atom stereocenters. The smallest absolute Gasteiger partial charge is 0.323 e. The average molecular weight is 252 g/mol. The van der Waals surface area contributed by atoms with Gasteiger partial charge in [-0.25, -0.2) is 5.84 Å². The van der Waals surface area contributed by atoms with Crippen molar-refractivity contribution in [3.63, 3.8) is 0 Å². The highest BCUT2D eigenvalue weighted by molar-refractivity contribution is 5.35. The average Bonchev–Trinajstić information content (AvgIpc) is 2.95. The van der Waals surface area contributed by atoms with Crippen LogP contribution in [0.4, 0.5) is 11.9 Å². The Morgan fingerprint density at radius 2 is 2.00 bits per heavy atom. The highest BCUT2D eigenvalue weighted by atomic mass is 16.5. The fraction of sp³-hybridized carbons (Fsp3) is 0.727. The van der Waals surface area contributed by atoms with Crippen molar-refractivity contribution < 1.29 is 4.74 Å². The monoisotopic (exact) mass is 252 g/mol. The summed E-state index contributed by atoms with van der Waals surface area (Å²) in [4.78, 5) is 12.3. The zero-order chi connectivity index (χ0) is 13.2. The van der Waals surface area contributed by atoms with Gasteiger partial charge in [-0.2, -0.15) is 15.0 Å². The van der Waals surface area contributed by atoms with E-state index in [1.165, 1.54) is 6.42 Å². The van der Waals surface area contributed by atoms with Crippen LogP contribution in [0.5, 0.6) is 6.01 Å². The molecule has 0 spiro atoms. The van der Waals surface area contributed by atoms with Crippen LogP contribution in [0.1, 0.15) is 27.2 Å². The molecule has 1 heterocycles. The van der Waals surface area contributed by atoms with E-state index in [1.54, 1.807) is 0 Å². The Kier molecular flexibility index (Phi) is 3.51. The Morgan fingerprint density at radius 1 is 1.33 bits per heavy atom. The summed E-state index contributed by atoms with van der Waals surface area (Å²) in [5, 5.41) is 3.20. The van der Waals surface area contributed by atoms with Gasteiger partial charge in [-0.15, -0.1) is 0 Å². The number of anilines is 2. The van der Waals surface area contributed by atoms with Crippen molar-refractivity contribution in [3.05, 3.63) is 0 Å². The van der Waals surface area contributed by atoms with Gasteiger partial charge in [-0.3, -0.25) is 5.43 Å². The van der Waals surface area contributed by atoms with Crippen LogP contribution in [0.2, 0.25) is 0 Å². The zero-order valence-electron chi connectivity index (χ0n) is 11.0. The van der Waals surface area contributed by atoms with Gasteiger partial charge in [0.25, 0.3) is 0 Å². The Morgan fingerprint density at radius 3 is 2.56 bits per heavy atom. The van der Waals surface area contributed by atoms with E-state index in [0.29, 0.717) is 29.8 Å². The van der Waals surface area contributed by atoms with Gasteiger partial charge in [0, 0.05) is 6.54 Å². The minimum Gasteiger partial charge on any atom is -0.464 e. The fourth-order valence-corrected chi connectivity index (χ4v) is 1.83. The lowest BCUT2D eigenvalue weighted by Gasteiger charge is -2.09. The molecule has 1 aromatic rings. The molecule has 1 aromatic heterocycles. The maximum Gasteiger partial charge on any atom is 0.323 e. The molecular formula is C11H20N6O. The molecule has 1 atom stereocenters. The highest BCUT2D eigenvalue weighted by Crippen LogP contribution is 2.51. The van der Waals surface area contributed by atoms with Crippen LogP contribution in [-0.2, 0) is 0 Å². The van der Waals surface area contributed by atoms with Crippen LogP contribution >= 0.6 is 0 Å². The lowest BCUT2D eigenvalue weighted by atomic mass is 10.1. The van der Waals surface area contributed by atoms with Gasteiger partial charge in [0.15, 0.2) is 0 Å². The van der Waals surface area contributed by atoms with Crippen LogP contribution in [0.15, 0.2) is 0 Å². The van der Waals surface area contributed by atoms with Crippen molar-refractivity contribution >= 4 is 11.9 Å². The number of nitrogens with zero attached hydrogens (tertiary/aromatic N) is 3. The van der Waals surface area contributed by atoms with Crippen molar-refractivity contribution in [2.45, 2.75) is 27.2 Å². The van der Waals surface area contributed by atoms with E-state index in [2.05, 4.69) is 39.5 Å². The van der Waals surface area contributed by atoms with Gasteiger partial charge < -0.3 is 10.1 Å². The molecule has 2 rings (SSSR count). The van der Waals surface area contributed by atoms with Crippen LogP contribution in [0.25, 0.3) is 0 Å². The van der Waals surface area contributed by atoms with E-state index < -0.39 is 0 Å². The number of nitrogens with one attached hydrogen (secondary N) is 2. The van der Waals surface area contributed by atoms with E-state index in [1.807, 2.05) is 6.92 Å². The quantitative estimate of drug-likeness (QED) is 0.513. The molecule has 100 valence electrons. The maximum atomic E-state index is 5.31. The van der Waals surface area contributed by atoms with E-state index in [0.717, 1.165) is 6.54 Å². The van der Waals surface area contributed by atoms with Crippen molar-refractivity contribution in [1.82, 2.24) is 15.0 Å². The molecule has 0 aromatic carbocycles. The molecular weight excluding hydrogens is 232 g/mol. The standard InChI is InChI=1S/C11H20N6O/c1-4-18-10-15-8(14-9(16-10)17-12)13-6-7-5-11(7,2)3/h7H,4-6,12H2,1-3H3,(H2,13,14,15,16,17). The third-order valence-electron chi connectivity index (χ3n) is 3.24. The topological polar surface area (TPSA) is 98.0 Å². The van der Waals surface area contributed by atoms with Crippen molar-refractivity contribution in [2.75, 3.05) is 23.9 Å². The van der Waals surface area contributed by atoms with E-state index >= 15 is 0 Å². The summed E-state index contributed by atoms with van der Waals surface area (Å²) in [5.41, 5.74) is 2.83. The molecule has 1 aliphatic rings. The molecule has 0 bridgehead atoms. The summed E-state index contributed by atoms with van der Waals surface area (Å²) in [6, 6.07) is 0.276. The largest absolute Gasteiger partial charge is 0.464 e. The first-order chi connectivity index (χ1) is 8.55. The van der Waals surface area contributed by atoms with Crippen LogP contribution in [-0.4, -0.2) is 28.1 Å². The number of hydrogen-bond acceptors (Lipinski definition) is 7. The third-order valence-corrected chi connectivity index (χ3v) is 3.24. The molecule has 1 fully saturated rings. The van der Waals surface area contributed by atoms with E-state index in [4.69, 9.17) is 10.6 Å². The van der Waals surface area contributed by atoms with Gasteiger partial charge in [0.05, 0.1) is 6.61 Å². The summed E-state index contributed by atoms with van der Waals surface area (Å²) in [7, 11) is 0. The normalized spacial score (nSPS) is 20.3. The molecule has 0 radical (unpaired) electrons. The Balaban J connectivity index is 2.00. The lowest BCUT2D eigenvalue weighted by molar-refractivity contribution is 0.312. The molecule has 1 aliphatic carbocycles. The van der Waals surface area contributed by atoms with Crippen molar-refractivity contribution in [3.8, 4) is 6.01 Å². The molecule has 0 saturated heterocycles. The minimum absolute atomic E-state index is 0.276. The fourth-order valence-electron chi connectivity index (χ4n) is 1.83. The van der Waals surface area contributed by atoms with Gasteiger partial charge >= 0.3 is 6.01 Å². The highest BCUT2D eigenvalue weighted by Gasteiger charge is 2.45. The number of hydrogen-bond donors (Lipinski definition) is 3. The van der Waals surface area contributed by atoms with E-state index in [9.17, 15) is 0 Å². The lowest BCUT2D eigenvalue weighted by Crippen LogP contribution is -2.16. The van der Waals surface area contributed by atoms with Gasteiger partial charge in [-0.1, -0.05) is 13.8 Å². The maximum absolute atomic E-state index is 5.31. The predicted octanol–water partition coefficient (Wildman–Crippen LogP) is 1.01. The summed E-state index contributed by atoms with van der Waals surface area (Å²) in [6.07, 6.45) is 1.23. The number of rotatable bonds is 6. The molecule has 0 aliphatic heterocycles. The van der Waals surface area contributed by atoms with Gasteiger partial charge in [0.2, 0.25) is 11.9 Å². The minimum atomic E-state index is 0.276. The summed E-state index contributed by atoms with van der Waals surface area (Å²) >= 11 is 0. The summed E-state index contributed by atoms with van der Waals surface area (Å²) < 4.78 is 5.25. The Bertz CT molecular complexity index is 422. The molecule has 4 N–H and O–H groups in total. The third kappa shape index (κ3) is 2.98. The zero-order valence-corrected chi connectivity index (χ0v) is 11.0. The van der Waals surface area contributed by atoms with Crippen LogP contribution in [0, 0.1) is 11.3 Å². The van der Waals surface area contributed by atoms with Gasteiger partial charge in [-0.05, 0) is 24.7 Å². The molecule has 18 heavy (non-hydrogen) atoms. The summed E-state index contributed by atoms with van der Waals surface area (Å²) in [5.74, 6) is 6.76. The number of ether oxygens (including phenoxy) is 1.